The Morgan fingerprint density at radius 3 is 2.59 bits per heavy atom. The summed E-state index contributed by atoms with van der Waals surface area (Å²) in [6.07, 6.45) is 1.55. The molecule has 0 fully saturated rings. The summed E-state index contributed by atoms with van der Waals surface area (Å²) in [4.78, 5) is 0.387. The molecule has 5 heteroatoms. The number of rotatable bonds is 3. The summed E-state index contributed by atoms with van der Waals surface area (Å²) in [6.45, 7) is 3.76. The van der Waals surface area contributed by atoms with Crippen LogP contribution in [0.5, 0.6) is 0 Å². The van der Waals surface area contributed by atoms with Gasteiger partial charge in [0.25, 0.3) is 0 Å². The Kier molecular flexibility index (Phi) is 3.02. The second kappa shape index (κ2) is 4.33. The van der Waals surface area contributed by atoms with E-state index in [0.717, 1.165) is 11.1 Å². The third-order valence-corrected chi connectivity index (χ3v) is 4.39. The van der Waals surface area contributed by atoms with Gasteiger partial charge >= 0.3 is 0 Å². The van der Waals surface area contributed by atoms with E-state index in [1.54, 1.807) is 18.3 Å². The van der Waals surface area contributed by atoms with E-state index in [1.165, 1.54) is 0 Å². The normalized spacial score (nSPS) is 11.6. The Hall–Kier alpha value is -1.62. The fourth-order valence-corrected chi connectivity index (χ4v) is 3.35. The van der Waals surface area contributed by atoms with E-state index >= 15 is 0 Å². The number of aromatic amines is 1. The number of nitrogens with zero attached hydrogens (tertiary/aromatic N) is 1. The van der Waals surface area contributed by atoms with Crippen molar-refractivity contribution in [3.63, 3.8) is 0 Å². The van der Waals surface area contributed by atoms with Gasteiger partial charge in [-0.2, -0.15) is 5.10 Å². The molecule has 2 rings (SSSR count). The zero-order valence-corrected chi connectivity index (χ0v) is 10.6. The summed E-state index contributed by atoms with van der Waals surface area (Å²) in [7, 11) is -3.30. The van der Waals surface area contributed by atoms with Crippen LogP contribution in [-0.4, -0.2) is 18.6 Å². The van der Waals surface area contributed by atoms with E-state index in [2.05, 4.69) is 10.2 Å². The first kappa shape index (κ1) is 11.9. The Labute approximate surface area is 101 Å². The minimum Gasteiger partial charge on any atom is -0.282 e. The molecule has 0 saturated heterocycles. The van der Waals surface area contributed by atoms with Crippen molar-refractivity contribution >= 4 is 9.84 Å². The SMILES string of the molecule is Cc1ccc(S(=O)(=O)Cc2ccn[nH]2)c(C)c1. The number of aryl methyl sites for hydroxylation is 2. The second-order valence-corrected chi connectivity index (χ2v) is 6.07. The molecule has 17 heavy (non-hydrogen) atoms. The molecule has 2 aromatic rings. The van der Waals surface area contributed by atoms with Crippen molar-refractivity contribution < 1.29 is 8.42 Å². The standard InChI is InChI=1S/C12H14N2O2S/c1-9-3-4-12(10(2)7-9)17(15,16)8-11-5-6-13-14-11/h3-7H,8H2,1-2H3,(H,13,14). The molecule has 1 aromatic heterocycles. The molecule has 0 spiro atoms. The summed E-state index contributed by atoms with van der Waals surface area (Å²) in [6, 6.07) is 7.02. The molecule has 1 heterocycles. The highest BCUT2D eigenvalue weighted by Crippen LogP contribution is 2.20. The molecule has 4 nitrogen and oxygen atoms in total. The van der Waals surface area contributed by atoms with Crippen LogP contribution in [0.25, 0.3) is 0 Å². The molecule has 0 unspecified atom stereocenters. The number of benzene rings is 1. The smallest absolute Gasteiger partial charge is 0.184 e. The first-order chi connectivity index (χ1) is 7.99. The monoisotopic (exact) mass is 250 g/mol. The lowest BCUT2D eigenvalue weighted by Gasteiger charge is -2.07. The molecule has 0 saturated carbocycles. The van der Waals surface area contributed by atoms with Gasteiger partial charge in [-0.3, -0.25) is 5.10 Å². The quantitative estimate of drug-likeness (QED) is 0.906. The van der Waals surface area contributed by atoms with Crippen molar-refractivity contribution in [3.8, 4) is 0 Å². The summed E-state index contributed by atoms with van der Waals surface area (Å²) in [5.41, 5.74) is 2.44. The van der Waals surface area contributed by atoms with Crippen LogP contribution in [0.1, 0.15) is 16.8 Å². The third-order valence-electron chi connectivity index (χ3n) is 2.57. The lowest BCUT2D eigenvalue weighted by Crippen LogP contribution is -2.07. The van der Waals surface area contributed by atoms with Gasteiger partial charge in [-0.25, -0.2) is 8.42 Å². The fourth-order valence-electron chi connectivity index (χ4n) is 1.80. The highest BCUT2D eigenvalue weighted by molar-refractivity contribution is 7.90. The molecule has 0 amide bonds. The fraction of sp³-hybridized carbons (Fsp3) is 0.250. The van der Waals surface area contributed by atoms with Gasteiger partial charge in [-0.15, -0.1) is 0 Å². The number of hydrogen-bond donors (Lipinski definition) is 1. The molecule has 0 aliphatic rings. The number of hydrogen-bond acceptors (Lipinski definition) is 3. The van der Waals surface area contributed by atoms with Crippen LogP contribution in [0.15, 0.2) is 35.4 Å². The van der Waals surface area contributed by atoms with Crippen LogP contribution >= 0.6 is 0 Å². The van der Waals surface area contributed by atoms with Gasteiger partial charge in [-0.05, 0) is 31.5 Å². The summed E-state index contributed by atoms with van der Waals surface area (Å²) < 4.78 is 24.4. The minimum absolute atomic E-state index is 0.0447. The van der Waals surface area contributed by atoms with Crippen molar-refractivity contribution in [2.75, 3.05) is 0 Å². The van der Waals surface area contributed by atoms with Gasteiger partial charge < -0.3 is 0 Å². The van der Waals surface area contributed by atoms with Crippen LogP contribution in [0.4, 0.5) is 0 Å². The number of nitrogens with one attached hydrogen (secondary N) is 1. The van der Waals surface area contributed by atoms with Crippen molar-refractivity contribution in [1.82, 2.24) is 10.2 Å². The number of sulfone groups is 1. The average Bonchev–Trinajstić information content (AvgIpc) is 2.68. The largest absolute Gasteiger partial charge is 0.282 e. The Balaban J connectivity index is 2.38. The Morgan fingerprint density at radius 2 is 2.00 bits per heavy atom. The van der Waals surface area contributed by atoms with Crippen molar-refractivity contribution in [3.05, 3.63) is 47.3 Å². The van der Waals surface area contributed by atoms with E-state index in [4.69, 9.17) is 0 Å². The zero-order valence-electron chi connectivity index (χ0n) is 9.77. The maximum absolute atomic E-state index is 12.2. The molecular weight excluding hydrogens is 236 g/mol. The van der Waals surface area contributed by atoms with E-state index in [0.29, 0.717) is 10.6 Å². The highest BCUT2D eigenvalue weighted by Gasteiger charge is 2.18. The zero-order chi connectivity index (χ0) is 12.5. The lowest BCUT2D eigenvalue weighted by molar-refractivity contribution is 0.594. The Bertz CT molecular complexity index is 616. The molecule has 0 bridgehead atoms. The van der Waals surface area contributed by atoms with E-state index in [9.17, 15) is 8.42 Å². The summed E-state index contributed by atoms with van der Waals surface area (Å²) in [5, 5.41) is 6.41. The van der Waals surface area contributed by atoms with E-state index in [1.807, 2.05) is 26.0 Å². The van der Waals surface area contributed by atoms with Crippen LogP contribution in [0.2, 0.25) is 0 Å². The number of aromatic nitrogens is 2. The molecule has 0 aliphatic carbocycles. The van der Waals surface area contributed by atoms with E-state index in [-0.39, 0.29) is 5.75 Å². The van der Waals surface area contributed by atoms with Crippen molar-refractivity contribution in [2.45, 2.75) is 24.5 Å². The van der Waals surface area contributed by atoms with E-state index < -0.39 is 9.84 Å². The first-order valence-electron chi connectivity index (χ1n) is 5.27. The summed E-state index contributed by atoms with van der Waals surface area (Å²) >= 11 is 0. The van der Waals surface area contributed by atoms with Gasteiger partial charge in [0, 0.05) is 6.20 Å². The maximum Gasteiger partial charge on any atom is 0.184 e. The topological polar surface area (TPSA) is 62.8 Å². The predicted octanol–water partition coefficient (Wildman–Crippen LogP) is 2.00. The number of H-pyrrole nitrogens is 1. The van der Waals surface area contributed by atoms with Crippen LogP contribution in [0.3, 0.4) is 0 Å². The van der Waals surface area contributed by atoms with Crippen LogP contribution in [0, 0.1) is 13.8 Å². The summed E-state index contributed by atoms with van der Waals surface area (Å²) in [5.74, 6) is -0.0447. The maximum atomic E-state index is 12.2. The van der Waals surface area contributed by atoms with Gasteiger partial charge in [0.15, 0.2) is 9.84 Å². The predicted molar refractivity (Wildman–Crippen MR) is 65.4 cm³/mol. The first-order valence-corrected chi connectivity index (χ1v) is 6.92. The second-order valence-electron chi connectivity index (χ2n) is 4.11. The molecule has 1 N–H and O–H groups in total. The Morgan fingerprint density at radius 1 is 1.24 bits per heavy atom. The minimum atomic E-state index is -3.30. The molecule has 0 radical (unpaired) electrons. The molecular formula is C12H14N2O2S. The lowest BCUT2D eigenvalue weighted by atomic mass is 10.2. The highest BCUT2D eigenvalue weighted by atomic mass is 32.2. The van der Waals surface area contributed by atoms with Crippen LogP contribution in [-0.2, 0) is 15.6 Å². The molecule has 0 atom stereocenters. The van der Waals surface area contributed by atoms with Gasteiger partial charge in [0.05, 0.1) is 16.3 Å². The van der Waals surface area contributed by atoms with Crippen LogP contribution < -0.4 is 0 Å². The van der Waals surface area contributed by atoms with Crippen molar-refractivity contribution in [2.24, 2.45) is 0 Å². The molecule has 90 valence electrons. The van der Waals surface area contributed by atoms with Crippen molar-refractivity contribution in [1.29, 1.82) is 0 Å². The van der Waals surface area contributed by atoms with Gasteiger partial charge in [0.2, 0.25) is 0 Å². The molecule has 0 aliphatic heterocycles. The third kappa shape index (κ3) is 2.55. The van der Waals surface area contributed by atoms with Gasteiger partial charge in [0.1, 0.15) is 0 Å². The average molecular weight is 250 g/mol. The molecule has 1 aromatic carbocycles. The van der Waals surface area contributed by atoms with Gasteiger partial charge in [-0.1, -0.05) is 17.7 Å².